The normalized spacial score (nSPS) is 12.2. The number of imidazole rings is 1. The molecule has 0 unspecified atom stereocenters. The van der Waals surface area contributed by atoms with Gasteiger partial charge in [0.15, 0.2) is 0 Å². The quantitative estimate of drug-likeness (QED) is 0.555. The summed E-state index contributed by atoms with van der Waals surface area (Å²) in [5.74, 6) is 2.52. The maximum atomic E-state index is 10.3. The maximum Gasteiger partial charge on any atom is 0.146 e. The minimum absolute atomic E-state index is 0.272. The van der Waals surface area contributed by atoms with Crippen molar-refractivity contribution in [3.63, 3.8) is 0 Å². The van der Waals surface area contributed by atoms with E-state index in [0.717, 1.165) is 35.0 Å². The molecule has 6 heteroatoms. The number of aryl methyl sites for hydroxylation is 3. The Balaban J connectivity index is 1.42. The van der Waals surface area contributed by atoms with E-state index >= 15 is 0 Å². The van der Waals surface area contributed by atoms with Crippen molar-refractivity contribution in [2.45, 2.75) is 33.1 Å². The van der Waals surface area contributed by atoms with Crippen molar-refractivity contribution < 1.29 is 14.6 Å². The monoisotopic (exact) mass is 409 g/mol. The Morgan fingerprint density at radius 3 is 2.53 bits per heavy atom. The molecule has 0 radical (unpaired) electrons. The third-order valence-corrected chi connectivity index (χ3v) is 4.95. The lowest BCUT2D eigenvalue weighted by Crippen LogP contribution is -2.32. The highest BCUT2D eigenvalue weighted by Crippen LogP contribution is 2.19. The average molecular weight is 410 g/mol. The molecule has 3 aromatic rings. The third-order valence-electron chi connectivity index (χ3n) is 4.95. The molecular formula is C24H31N3O3. The Labute approximate surface area is 178 Å². The number of rotatable bonds is 10. The molecule has 1 aromatic heterocycles. The number of aliphatic hydroxyl groups excluding tert-OH is 1. The molecule has 0 aliphatic carbocycles. The molecule has 160 valence electrons. The van der Waals surface area contributed by atoms with E-state index in [4.69, 9.17) is 9.47 Å². The third kappa shape index (κ3) is 6.34. The summed E-state index contributed by atoms with van der Waals surface area (Å²) < 4.78 is 13.5. The van der Waals surface area contributed by atoms with Crippen molar-refractivity contribution in [1.82, 2.24) is 14.5 Å². The number of likely N-dealkylation sites (N-methyl/N-ethyl adjacent to an activating group) is 1. The van der Waals surface area contributed by atoms with Crippen LogP contribution in [-0.2, 0) is 20.2 Å². The predicted octanol–water partition coefficient (Wildman–Crippen LogP) is 3.49. The summed E-state index contributed by atoms with van der Waals surface area (Å²) in [7, 11) is 3.94. The largest absolute Gasteiger partial charge is 0.491 e. The van der Waals surface area contributed by atoms with Crippen LogP contribution < -0.4 is 9.47 Å². The van der Waals surface area contributed by atoms with Crippen LogP contribution in [0.4, 0.5) is 0 Å². The first-order chi connectivity index (χ1) is 14.4. The first-order valence-corrected chi connectivity index (χ1v) is 10.2. The van der Waals surface area contributed by atoms with Crippen LogP contribution >= 0.6 is 0 Å². The van der Waals surface area contributed by atoms with Crippen molar-refractivity contribution >= 4 is 0 Å². The van der Waals surface area contributed by atoms with Crippen LogP contribution in [0, 0.1) is 13.8 Å². The molecular weight excluding hydrogens is 378 g/mol. The Kier molecular flexibility index (Phi) is 7.49. The van der Waals surface area contributed by atoms with Crippen molar-refractivity contribution in [2.24, 2.45) is 7.05 Å². The summed E-state index contributed by atoms with van der Waals surface area (Å²) in [6, 6.07) is 14.1. The standard InChI is InChI=1S/C24H31N3O3/c1-18-5-10-23(19(2)13-18)30-16-21(28)15-26(3)14-20-6-8-22(9-7-20)29-17-24-25-11-12-27(24)4/h5-13,21,28H,14-17H2,1-4H3/t21-/m1/s1. The van der Waals surface area contributed by atoms with Gasteiger partial charge >= 0.3 is 0 Å². The summed E-state index contributed by atoms with van der Waals surface area (Å²) in [6.45, 7) is 6.05. The second kappa shape index (κ2) is 10.3. The fourth-order valence-electron chi connectivity index (χ4n) is 3.31. The molecule has 1 N–H and O–H groups in total. The van der Waals surface area contributed by atoms with Gasteiger partial charge in [-0.3, -0.25) is 4.90 Å². The van der Waals surface area contributed by atoms with Crippen LogP contribution in [-0.4, -0.2) is 45.9 Å². The van der Waals surface area contributed by atoms with Gasteiger partial charge in [0.05, 0.1) is 0 Å². The zero-order chi connectivity index (χ0) is 21.5. The van der Waals surface area contributed by atoms with Crippen LogP contribution in [0.2, 0.25) is 0 Å². The van der Waals surface area contributed by atoms with Gasteiger partial charge in [-0.2, -0.15) is 0 Å². The van der Waals surface area contributed by atoms with Gasteiger partial charge in [-0.25, -0.2) is 4.98 Å². The molecule has 6 nitrogen and oxygen atoms in total. The van der Waals surface area contributed by atoms with Gasteiger partial charge in [0.25, 0.3) is 0 Å². The van der Waals surface area contributed by atoms with Gasteiger partial charge in [-0.15, -0.1) is 0 Å². The maximum absolute atomic E-state index is 10.3. The number of hydrogen-bond acceptors (Lipinski definition) is 5. The smallest absolute Gasteiger partial charge is 0.146 e. The molecule has 1 atom stereocenters. The first kappa shape index (κ1) is 21.9. The van der Waals surface area contributed by atoms with E-state index in [0.29, 0.717) is 13.2 Å². The lowest BCUT2D eigenvalue weighted by molar-refractivity contribution is 0.0741. The van der Waals surface area contributed by atoms with E-state index in [2.05, 4.69) is 22.9 Å². The number of ether oxygens (including phenoxy) is 2. The first-order valence-electron chi connectivity index (χ1n) is 10.2. The molecule has 0 saturated carbocycles. The highest BCUT2D eigenvalue weighted by molar-refractivity contribution is 5.35. The van der Waals surface area contributed by atoms with Gasteiger partial charge in [0.2, 0.25) is 0 Å². The van der Waals surface area contributed by atoms with E-state index in [1.807, 2.05) is 68.2 Å². The van der Waals surface area contributed by atoms with E-state index in [-0.39, 0.29) is 6.61 Å². The van der Waals surface area contributed by atoms with Crippen LogP contribution in [0.3, 0.4) is 0 Å². The van der Waals surface area contributed by atoms with E-state index in [1.165, 1.54) is 5.56 Å². The number of aromatic nitrogens is 2. The Morgan fingerprint density at radius 1 is 1.10 bits per heavy atom. The van der Waals surface area contributed by atoms with Gasteiger partial charge in [0, 0.05) is 32.5 Å². The number of benzene rings is 2. The Bertz CT molecular complexity index is 937. The molecule has 0 amide bonds. The predicted molar refractivity (Wildman–Crippen MR) is 118 cm³/mol. The Hall–Kier alpha value is -2.83. The summed E-state index contributed by atoms with van der Waals surface area (Å²) in [5.41, 5.74) is 3.44. The minimum atomic E-state index is -0.559. The van der Waals surface area contributed by atoms with Crippen LogP contribution in [0.5, 0.6) is 11.5 Å². The number of nitrogens with zero attached hydrogens (tertiary/aromatic N) is 3. The van der Waals surface area contributed by atoms with E-state index in [1.54, 1.807) is 6.20 Å². The van der Waals surface area contributed by atoms with Crippen LogP contribution in [0.25, 0.3) is 0 Å². The summed E-state index contributed by atoms with van der Waals surface area (Å²) in [5, 5.41) is 10.3. The molecule has 0 spiro atoms. The Morgan fingerprint density at radius 2 is 1.87 bits per heavy atom. The van der Waals surface area contributed by atoms with Gasteiger partial charge in [-0.05, 0) is 50.2 Å². The molecule has 0 bridgehead atoms. The van der Waals surface area contributed by atoms with Gasteiger partial charge in [-0.1, -0.05) is 29.8 Å². The van der Waals surface area contributed by atoms with Crippen molar-refractivity contribution in [3.05, 3.63) is 77.4 Å². The number of hydrogen-bond donors (Lipinski definition) is 1. The highest BCUT2D eigenvalue weighted by Gasteiger charge is 2.11. The summed E-state index contributed by atoms with van der Waals surface area (Å²) >= 11 is 0. The van der Waals surface area contributed by atoms with E-state index < -0.39 is 6.10 Å². The summed E-state index contributed by atoms with van der Waals surface area (Å²) in [4.78, 5) is 6.34. The lowest BCUT2D eigenvalue weighted by atomic mass is 10.1. The van der Waals surface area contributed by atoms with Gasteiger partial charge in [0.1, 0.15) is 36.6 Å². The van der Waals surface area contributed by atoms with Gasteiger partial charge < -0.3 is 19.1 Å². The fraction of sp³-hybridized carbons (Fsp3) is 0.375. The van der Waals surface area contributed by atoms with Crippen LogP contribution in [0.1, 0.15) is 22.5 Å². The zero-order valence-corrected chi connectivity index (χ0v) is 18.2. The molecule has 30 heavy (non-hydrogen) atoms. The van der Waals surface area contributed by atoms with Crippen molar-refractivity contribution in [1.29, 1.82) is 0 Å². The zero-order valence-electron chi connectivity index (χ0n) is 18.2. The van der Waals surface area contributed by atoms with Crippen LogP contribution in [0.15, 0.2) is 54.9 Å². The lowest BCUT2D eigenvalue weighted by Gasteiger charge is -2.21. The highest BCUT2D eigenvalue weighted by atomic mass is 16.5. The molecule has 0 aliphatic heterocycles. The van der Waals surface area contributed by atoms with Crippen molar-refractivity contribution in [3.8, 4) is 11.5 Å². The fourth-order valence-corrected chi connectivity index (χ4v) is 3.31. The van der Waals surface area contributed by atoms with E-state index in [9.17, 15) is 5.11 Å². The average Bonchev–Trinajstić information content (AvgIpc) is 3.11. The van der Waals surface area contributed by atoms with Crippen molar-refractivity contribution in [2.75, 3.05) is 20.2 Å². The molecule has 0 aliphatic rings. The second-order valence-electron chi connectivity index (χ2n) is 7.82. The molecule has 0 fully saturated rings. The summed E-state index contributed by atoms with van der Waals surface area (Å²) in [6.07, 6.45) is 3.11. The molecule has 3 rings (SSSR count). The molecule has 2 aromatic carbocycles. The number of aliphatic hydroxyl groups is 1. The second-order valence-corrected chi connectivity index (χ2v) is 7.82. The molecule has 0 saturated heterocycles. The SMILES string of the molecule is Cc1ccc(OC[C@H](O)CN(C)Cc2ccc(OCc3nccn3C)cc2)c(C)c1. The molecule has 1 heterocycles. The topological polar surface area (TPSA) is 59.8 Å². The minimum Gasteiger partial charge on any atom is -0.491 e.